The Hall–Kier alpha value is -1.69. The van der Waals surface area contributed by atoms with E-state index in [4.69, 9.17) is 0 Å². The van der Waals surface area contributed by atoms with Crippen LogP contribution < -0.4 is 5.56 Å². The average Bonchev–Trinajstić information content (AvgIpc) is 2.99. The summed E-state index contributed by atoms with van der Waals surface area (Å²) in [6, 6.07) is -0.742. The van der Waals surface area contributed by atoms with Gasteiger partial charge in [0.05, 0.1) is 5.39 Å². The van der Waals surface area contributed by atoms with E-state index in [-0.39, 0.29) is 5.56 Å². The van der Waals surface area contributed by atoms with Crippen molar-refractivity contribution in [2.75, 3.05) is 0 Å². The quantitative estimate of drug-likeness (QED) is 0.870. The Kier molecular flexibility index (Phi) is 2.51. The smallest absolute Gasteiger partial charge is 0.326 e. The Morgan fingerprint density at radius 2 is 2.10 bits per heavy atom. The molecule has 6 heteroatoms. The van der Waals surface area contributed by atoms with Crippen LogP contribution in [0, 0.1) is 0 Å². The minimum atomic E-state index is -0.934. The molecule has 1 N–H and O–H groups in total. The molecule has 0 saturated heterocycles. The number of hydrogen-bond donors (Lipinski definition) is 1. The highest BCUT2D eigenvalue weighted by Gasteiger charge is 2.32. The predicted molar refractivity (Wildman–Crippen MR) is 75.5 cm³/mol. The number of thiophene rings is 1. The number of carboxylic acid groups (broad SMARTS) is 1. The van der Waals surface area contributed by atoms with Crippen LogP contribution in [0.15, 0.2) is 4.79 Å². The summed E-state index contributed by atoms with van der Waals surface area (Å²) in [5.74, 6) is -0.301. The third-order valence-electron chi connectivity index (χ3n) is 4.33. The number of aromatic nitrogens is 2. The SMILES string of the molecule is O=C(O)[C@@H]1CCc2nc3sc4c(c3c(=O)n21)CCCC4. The van der Waals surface area contributed by atoms with Crippen molar-refractivity contribution in [2.45, 2.75) is 44.6 Å². The van der Waals surface area contributed by atoms with Crippen LogP contribution in [0.25, 0.3) is 10.2 Å². The Bertz CT molecular complexity index is 790. The molecule has 0 radical (unpaired) electrons. The first kappa shape index (κ1) is 12.1. The lowest BCUT2D eigenvalue weighted by atomic mass is 9.97. The van der Waals surface area contributed by atoms with E-state index in [9.17, 15) is 14.7 Å². The Labute approximate surface area is 118 Å². The highest BCUT2D eigenvalue weighted by Crippen LogP contribution is 2.35. The van der Waals surface area contributed by atoms with Crippen LogP contribution >= 0.6 is 11.3 Å². The van der Waals surface area contributed by atoms with Crippen LogP contribution in [0.3, 0.4) is 0 Å². The molecule has 1 aliphatic carbocycles. The highest BCUT2D eigenvalue weighted by atomic mass is 32.1. The van der Waals surface area contributed by atoms with Crippen molar-refractivity contribution in [1.82, 2.24) is 9.55 Å². The van der Waals surface area contributed by atoms with Gasteiger partial charge in [-0.25, -0.2) is 9.78 Å². The summed E-state index contributed by atoms with van der Waals surface area (Å²) in [5, 5.41) is 9.94. The van der Waals surface area contributed by atoms with Gasteiger partial charge in [-0.15, -0.1) is 11.3 Å². The summed E-state index contributed by atoms with van der Waals surface area (Å²) in [6.45, 7) is 0. The molecule has 1 atom stereocenters. The third-order valence-corrected chi connectivity index (χ3v) is 5.52. The van der Waals surface area contributed by atoms with Crippen LogP contribution in [0.4, 0.5) is 0 Å². The molecule has 104 valence electrons. The van der Waals surface area contributed by atoms with E-state index in [0.717, 1.165) is 29.7 Å². The molecule has 0 spiro atoms. The fourth-order valence-electron chi connectivity index (χ4n) is 3.39. The molecule has 4 rings (SSSR count). The summed E-state index contributed by atoms with van der Waals surface area (Å²) in [5.41, 5.74) is 0.981. The third kappa shape index (κ3) is 1.51. The zero-order valence-electron chi connectivity index (χ0n) is 10.9. The maximum atomic E-state index is 12.7. The Balaban J connectivity index is 2.04. The number of nitrogens with zero attached hydrogens (tertiary/aromatic N) is 2. The van der Waals surface area contributed by atoms with Crippen molar-refractivity contribution in [3.8, 4) is 0 Å². The summed E-state index contributed by atoms with van der Waals surface area (Å²) >= 11 is 1.62. The first-order valence-electron chi connectivity index (χ1n) is 6.95. The maximum Gasteiger partial charge on any atom is 0.326 e. The zero-order chi connectivity index (χ0) is 13.9. The fourth-order valence-corrected chi connectivity index (χ4v) is 4.66. The number of hydrogen-bond acceptors (Lipinski definition) is 4. The van der Waals surface area contributed by atoms with E-state index in [1.807, 2.05) is 0 Å². The second-order valence-electron chi connectivity index (χ2n) is 5.49. The van der Waals surface area contributed by atoms with Gasteiger partial charge in [-0.05, 0) is 37.7 Å². The van der Waals surface area contributed by atoms with Gasteiger partial charge in [-0.2, -0.15) is 0 Å². The van der Waals surface area contributed by atoms with Crippen LogP contribution in [-0.2, 0) is 24.1 Å². The van der Waals surface area contributed by atoms with Crippen LogP contribution in [0.2, 0.25) is 0 Å². The summed E-state index contributed by atoms with van der Waals surface area (Å²) in [4.78, 5) is 30.7. The maximum absolute atomic E-state index is 12.7. The van der Waals surface area contributed by atoms with E-state index in [1.165, 1.54) is 15.9 Å². The largest absolute Gasteiger partial charge is 0.480 e. The summed E-state index contributed by atoms with van der Waals surface area (Å²) in [7, 11) is 0. The lowest BCUT2D eigenvalue weighted by molar-refractivity contribution is -0.140. The second-order valence-corrected chi connectivity index (χ2v) is 6.57. The number of aryl methyl sites for hydroxylation is 3. The molecule has 2 aromatic heterocycles. The van der Waals surface area contributed by atoms with E-state index in [0.29, 0.717) is 24.1 Å². The van der Waals surface area contributed by atoms with Gasteiger partial charge >= 0.3 is 5.97 Å². The van der Waals surface area contributed by atoms with Crippen molar-refractivity contribution in [1.29, 1.82) is 0 Å². The van der Waals surface area contributed by atoms with Crippen molar-refractivity contribution in [3.63, 3.8) is 0 Å². The summed E-state index contributed by atoms with van der Waals surface area (Å²) < 4.78 is 1.41. The van der Waals surface area contributed by atoms with Crippen LogP contribution in [-0.4, -0.2) is 20.6 Å². The molecule has 0 fully saturated rings. The van der Waals surface area contributed by atoms with E-state index < -0.39 is 12.0 Å². The molecule has 3 heterocycles. The molecule has 0 unspecified atom stereocenters. The number of carboxylic acids is 1. The molecule has 2 aliphatic rings. The molecule has 1 aliphatic heterocycles. The molecule has 0 amide bonds. The van der Waals surface area contributed by atoms with Crippen molar-refractivity contribution < 1.29 is 9.90 Å². The fraction of sp³-hybridized carbons (Fsp3) is 0.500. The average molecular weight is 290 g/mol. The van der Waals surface area contributed by atoms with Gasteiger partial charge < -0.3 is 5.11 Å². The molecule has 0 bridgehead atoms. The van der Waals surface area contributed by atoms with Crippen molar-refractivity contribution in [2.24, 2.45) is 0 Å². The number of aliphatic carboxylic acids is 1. The number of carbonyl (C=O) groups is 1. The number of rotatable bonds is 1. The van der Waals surface area contributed by atoms with E-state index in [2.05, 4.69) is 4.98 Å². The topological polar surface area (TPSA) is 72.2 Å². The van der Waals surface area contributed by atoms with E-state index in [1.54, 1.807) is 11.3 Å². The van der Waals surface area contributed by atoms with Gasteiger partial charge in [-0.3, -0.25) is 9.36 Å². The standard InChI is InChI=1S/C14H14N2O3S/c17-13-11-7-3-1-2-4-9(7)20-12(11)15-10-6-5-8(14(18)19)16(10)13/h8H,1-6H2,(H,18,19)/t8-/m0/s1. The first-order chi connectivity index (χ1) is 9.66. The van der Waals surface area contributed by atoms with Gasteiger partial charge in [0.2, 0.25) is 0 Å². The van der Waals surface area contributed by atoms with Crippen molar-refractivity contribution >= 4 is 27.5 Å². The monoisotopic (exact) mass is 290 g/mol. The second kappa shape index (κ2) is 4.15. The lowest BCUT2D eigenvalue weighted by Crippen LogP contribution is -2.28. The lowest BCUT2D eigenvalue weighted by Gasteiger charge is -2.12. The van der Waals surface area contributed by atoms with Crippen LogP contribution in [0.1, 0.15) is 41.6 Å². The van der Waals surface area contributed by atoms with Gasteiger partial charge in [-0.1, -0.05) is 0 Å². The molecular weight excluding hydrogens is 276 g/mol. The van der Waals surface area contributed by atoms with Gasteiger partial charge in [0.1, 0.15) is 16.7 Å². The highest BCUT2D eigenvalue weighted by molar-refractivity contribution is 7.18. The minimum absolute atomic E-state index is 0.144. The normalized spacial score (nSPS) is 20.9. The van der Waals surface area contributed by atoms with Crippen LogP contribution in [0.5, 0.6) is 0 Å². The van der Waals surface area contributed by atoms with E-state index >= 15 is 0 Å². The van der Waals surface area contributed by atoms with Gasteiger partial charge in [0.25, 0.3) is 5.56 Å². The van der Waals surface area contributed by atoms with Gasteiger partial charge in [0, 0.05) is 11.3 Å². The molecule has 5 nitrogen and oxygen atoms in total. The Morgan fingerprint density at radius 1 is 1.30 bits per heavy atom. The Morgan fingerprint density at radius 3 is 2.90 bits per heavy atom. The molecule has 0 saturated carbocycles. The molecule has 20 heavy (non-hydrogen) atoms. The molecular formula is C14H14N2O3S. The van der Waals surface area contributed by atoms with Crippen molar-refractivity contribution in [3.05, 3.63) is 26.6 Å². The number of fused-ring (bicyclic) bond motifs is 4. The minimum Gasteiger partial charge on any atom is -0.480 e. The summed E-state index contributed by atoms with van der Waals surface area (Å²) in [6.07, 6.45) is 5.25. The van der Waals surface area contributed by atoms with Gasteiger partial charge in [0.15, 0.2) is 0 Å². The molecule has 2 aromatic rings. The predicted octanol–water partition coefficient (Wildman–Crippen LogP) is 1.91. The first-order valence-corrected chi connectivity index (χ1v) is 7.77. The molecule has 0 aromatic carbocycles. The zero-order valence-corrected chi connectivity index (χ0v) is 11.7.